The molecule has 2 atom stereocenters. The number of ether oxygens (including phenoxy) is 2. The van der Waals surface area contributed by atoms with Gasteiger partial charge in [-0.2, -0.15) is 0 Å². The first-order valence-electron chi connectivity index (χ1n) is 6.49. The molecule has 102 valence electrons. The highest BCUT2D eigenvalue weighted by Crippen LogP contribution is 2.53. The highest BCUT2D eigenvalue weighted by molar-refractivity contribution is 5.73. The maximum atomic E-state index is 11.4. The summed E-state index contributed by atoms with van der Waals surface area (Å²) in [5.74, 6) is -0.316. The van der Waals surface area contributed by atoms with E-state index in [-0.39, 0.29) is 23.3 Å². The number of rotatable bonds is 4. The van der Waals surface area contributed by atoms with Crippen LogP contribution in [-0.2, 0) is 19.1 Å². The summed E-state index contributed by atoms with van der Waals surface area (Å²) in [6.07, 6.45) is 4.40. The highest BCUT2D eigenvalue weighted by atomic mass is 16.5. The van der Waals surface area contributed by atoms with E-state index >= 15 is 0 Å². The quantitative estimate of drug-likeness (QED) is 0.755. The molecule has 1 N–H and O–H groups in total. The fourth-order valence-electron chi connectivity index (χ4n) is 2.92. The van der Waals surface area contributed by atoms with Crippen LogP contribution < -0.4 is 5.32 Å². The van der Waals surface area contributed by atoms with Crippen molar-refractivity contribution in [3.05, 3.63) is 0 Å². The molecule has 1 heterocycles. The van der Waals surface area contributed by atoms with Crippen LogP contribution in [0.15, 0.2) is 0 Å². The third-order valence-electron chi connectivity index (χ3n) is 4.30. The largest absolute Gasteiger partial charge is 0.469 e. The van der Waals surface area contributed by atoms with E-state index < -0.39 is 0 Å². The van der Waals surface area contributed by atoms with Crippen LogP contribution in [0, 0.1) is 11.3 Å². The predicted octanol–water partition coefficient (Wildman–Crippen LogP) is 0.871. The zero-order chi connectivity index (χ0) is 13.2. The van der Waals surface area contributed by atoms with Crippen LogP contribution >= 0.6 is 0 Å². The molecule has 2 aliphatic rings. The van der Waals surface area contributed by atoms with Crippen molar-refractivity contribution in [2.45, 2.75) is 38.1 Å². The number of hydrogen-bond donors (Lipinski definition) is 1. The molecule has 2 rings (SSSR count). The lowest BCUT2D eigenvalue weighted by Crippen LogP contribution is -2.47. The average Bonchev–Trinajstić information content (AvgIpc) is 3.18. The van der Waals surface area contributed by atoms with Crippen molar-refractivity contribution < 1.29 is 19.1 Å². The molecule has 0 spiro atoms. The van der Waals surface area contributed by atoms with Gasteiger partial charge in [-0.1, -0.05) is 0 Å². The molecule has 0 aromatic carbocycles. The second kappa shape index (κ2) is 5.26. The van der Waals surface area contributed by atoms with Crippen LogP contribution in [0.5, 0.6) is 0 Å². The lowest BCUT2D eigenvalue weighted by atomic mass is 9.83. The van der Waals surface area contributed by atoms with Gasteiger partial charge in [0.15, 0.2) is 0 Å². The first kappa shape index (κ1) is 13.3. The Bertz CT molecular complexity index is 330. The Balaban J connectivity index is 1.86. The van der Waals surface area contributed by atoms with E-state index in [0.29, 0.717) is 19.0 Å². The number of piperidine rings is 1. The van der Waals surface area contributed by atoms with Gasteiger partial charge in [0.05, 0.1) is 26.6 Å². The Morgan fingerprint density at radius 1 is 1.22 bits per heavy atom. The van der Waals surface area contributed by atoms with Crippen LogP contribution in [0.2, 0.25) is 0 Å². The van der Waals surface area contributed by atoms with Crippen LogP contribution in [0.1, 0.15) is 32.1 Å². The second-order valence-electron chi connectivity index (χ2n) is 5.37. The van der Waals surface area contributed by atoms with Crippen molar-refractivity contribution in [2.75, 3.05) is 20.8 Å². The van der Waals surface area contributed by atoms with E-state index in [4.69, 9.17) is 9.47 Å². The molecule has 5 heteroatoms. The van der Waals surface area contributed by atoms with Gasteiger partial charge in [0, 0.05) is 12.6 Å². The number of hydrogen-bond acceptors (Lipinski definition) is 5. The molecule has 2 fully saturated rings. The van der Waals surface area contributed by atoms with Crippen LogP contribution in [0.4, 0.5) is 0 Å². The number of carbonyl (C=O) groups excluding carboxylic acids is 2. The molecule has 0 aromatic heterocycles. The molecule has 1 saturated carbocycles. The van der Waals surface area contributed by atoms with Crippen molar-refractivity contribution in [2.24, 2.45) is 11.3 Å². The second-order valence-corrected chi connectivity index (χ2v) is 5.37. The predicted molar refractivity (Wildman–Crippen MR) is 64.8 cm³/mol. The summed E-state index contributed by atoms with van der Waals surface area (Å²) < 4.78 is 9.51. The Kier molecular flexibility index (Phi) is 3.90. The highest BCUT2D eigenvalue weighted by Gasteiger charge is 2.51. The molecule has 1 aliphatic carbocycles. The minimum Gasteiger partial charge on any atom is -0.469 e. The van der Waals surface area contributed by atoms with Crippen LogP contribution in [0.3, 0.4) is 0 Å². The van der Waals surface area contributed by atoms with E-state index in [1.165, 1.54) is 14.2 Å². The van der Waals surface area contributed by atoms with E-state index in [1.54, 1.807) is 0 Å². The smallest absolute Gasteiger partial charge is 0.309 e. The fraction of sp³-hybridized carbons (Fsp3) is 0.846. The van der Waals surface area contributed by atoms with Crippen molar-refractivity contribution in [1.82, 2.24) is 5.32 Å². The number of methoxy groups -OCH3 is 2. The Morgan fingerprint density at radius 2 is 1.94 bits per heavy atom. The number of nitrogens with one attached hydrogen (secondary N) is 1. The maximum absolute atomic E-state index is 11.4. The summed E-state index contributed by atoms with van der Waals surface area (Å²) in [4.78, 5) is 22.8. The summed E-state index contributed by atoms with van der Waals surface area (Å²) in [6, 6.07) is 0.331. The molecule has 1 saturated heterocycles. The zero-order valence-corrected chi connectivity index (χ0v) is 11.0. The van der Waals surface area contributed by atoms with Gasteiger partial charge in [-0.25, -0.2) is 0 Å². The summed E-state index contributed by atoms with van der Waals surface area (Å²) in [5, 5.41) is 3.41. The van der Waals surface area contributed by atoms with Gasteiger partial charge in [0.25, 0.3) is 0 Å². The Morgan fingerprint density at radius 3 is 2.39 bits per heavy atom. The SMILES string of the molecule is COC(=O)CC1(C2CCC(C(=O)OC)CN2)CC1. The van der Waals surface area contributed by atoms with Gasteiger partial charge in [-0.3, -0.25) is 9.59 Å². The monoisotopic (exact) mass is 255 g/mol. The molecule has 0 amide bonds. The van der Waals surface area contributed by atoms with Gasteiger partial charge in [-0.05, 0) is 31.1 Å². The molecule has 5 nitrogen and oxygen atoms in total. The topological polar surface area (TPSA) is 64.6 Å². The van der Waals surface area contributed by atoms with Crippen LogP contribution in [0.25, 0.3) is 0 Å². The van der Waals surface area contributed by atoms with E-state index in [2.05, 4.69) is 5.32 Å². The van der Waals surface area contributed by atoms with E-state index in [9.17, 15) is 9.59 Å². The molecule has 0 radical (unpaired) electrons. The number of esters is 2. The van der Waals surface area contributed by atoms with E-state index in [0.717, 1.165) is 25.7 Å². The van der Waals surface area contributed by atoms with Gasteiger partial charge in [0.2, 0.25) is 0 Å². The van der Waals surface area contributed by atoms with Crippen molar-refractivity contribution in [1.29, 1.82) is 0 Å². The Labute approximate surface area is 107 Å². The van der Waals surface area contributed by atoms with Gasteiger partial charge < -0.3 is 14.8 Å². The molecular weight excluding hydrogens is 234 g/mol. The summed E-state index contributed by atoms with van der Waals surface area (Å²) in [6.45, 7) is 0.653. The van der Waals surface area contributed by atoms with Gasteiger partial charge in [0.1, 0.15) is 0 Å². The maximum Gasteiger partial charge on any atom is 0.309 e. The first-order chi connectivity index (χ1) is 8.61. The molecular formula is C13H21NO4. The minimum absolute atomic E-state index is 0.0415. The van der Waals surface area contributed by atoms with Crippen molar-refractivity contribution in [3.63, 3.8) is 0 Å². The Hall–Kier alpha value is -1.10. The number of carbonyl (C=O) groups is 2. The van der Waals surface area contributed by atoms with Crippen molar-refractivity contribution in [3.8, 4) is 0 Å². The average molecular weight is 255 g/mol. The summed E-state index contributed by atoms with van der Waals surface area (Å²) in [5.41, 5.74) is 0.0776. The zero-order valence-electron chi connectivity index (χ0n) is 11.0. The molecule has 0 bridgehead atoms. The normalized spacial score (nSPS) is 29.4. The summed E-state index contributed by atoms with van der Waals surface area (Å²) >= 11 is 0. The minimum atomic E-state index is -0.140. The first-order valence-corrected chi connectivity index (χ1v) is 6.49. The third-order valence-corrected chi connectivity index (χ3v) is 4.30. The van der Waals surface area contributed by atoms with Crippen molar-refractivity contribution >= 4 is 11.9 Å². The molecule has 0 aromatic rings. The molecule has 1 aliphatic heterocycles. The molecule has 18 heavy (non-hydrogen) atoms. The van der Waals surface area contributed by atoms with Crippen LogP contribution in [-0.4, -0.2) is 38.7 Å². The molecule has 2 unspecified atom stereocenters. The van der Waals surface area contributed by atoms with E-state index in [1.807, 2.05) is 0 Å². The third kappa shape index (κ3) is 2.66. The summed E-state index contributed by atoms with van der Waals surface area (Å²) in [7, 11) is 2.86. The van der Waals surface area contributed by atoms with Gasteiger partial charge in [-0.15, -0.1) is 0 Å². The lowest BCUT2D eigenvalue weighted by Gasteiger charge is -2.34. The standard InChI is InChI=1S/C13H21NO4/c1-17-11(15)7-13(5-6-13)10-4-3-9(8-14-10)12(16)18-2/h9-10,14H,3-8H2,1-2H3. The fourth-order valence-corrected chi connectivity index (χ4v) is 2.92. The lowest BCUT2D eigenvalue weighted by molar-refractivity contribution is -0.147. The van der Waals surface area contributed by atoms with Gasteiger partial charge >= 0.3 is 11.9 Å².